The van der Waals surface area contributed by atoms with Crippen LogP contribution in [0.2, 0.25) is 5.02 Å². The van der Waals surface area contributed by atoms with Crippen LogP contribution in [0.4, 0.5) is 5.69 Å². The zero-order valence-corrected chi connectivity index (χ0v) is 15.0. The number of hydrogen-bond acceptors (Lipinski definition) is 3. The summed E-state index contributed by atoms with van der Waals surface area (Å²) in [5.41, 5.74) is 0.550. The number of allylic oxidation sites excluding steroid dienone is 2. The van der Waals surface area contributed by atoms with E-state index in [-0.39, 0.29) is 41.4 Å². The third kappa shape index (κ3) is 2.13. The van der Waals surface area contributed by atoms with Crippen LogP contribution in [0.15, 0.2) is 36.4 Å². The normalized spacial score (nSPS) is 37.4. The molecular formula is C20H19ClN2O3. The number of amides is 3. The molecule has 7 atom stereocenters. The lowest BCUT2D eigenvalue weighted by Gasteiger charge is -2.37. The number of anilines is 1. The Morgan fingerprint density at radius 1 is 1.15 bits per heavy atom. The smallest absolute Gasteiger partial charge is 0.247 e. The van der Waals surface area contributed by atoms with Gasteiger partial charge in [0.1, 0.15) is 6.04 Å². The Labute approximate surface area is 156 Å². The molecule has 1 saturated heterocycles. The zero-order valence-electron chi connectivity index (χ0n) is 14.3. The fraction of sp³-hybridized carbons (Fsp3) is 0.450. The van der Waals surface area contributed by atoms with Crippen molar-refractivity contribution in [3.63, 3.8) is 0 Å². The maximum absolute atomic E-state index is 13.0. The summed E-state index contributed by atoms with van der Waals surface area (Å²) in [4.78, 5) is 39.9. The van der Waals surface area contributed by atoms with Gasteiger partial charge in [-0.1, -0.05) is 29.8 Å². The molecule has 0 radical (unpaired) electrons. The number of likely N-dealkylation sites (tertiary alicyclic amines) is 1. The maximum atomic E-state index is 13.0. The Hall–Kier alpha value is -2.14. The van der Waals surface area contributed by atoms with Crippen molar-refractivity contribution in [1.82, 2.24) is 4.90 Å². The largest absolute Gasteiger partial charge is 0.324 e. The molecule has 6 heteroatoms. The highest BCUT2D eigenvalue weighted by atomic mass is 35.5. The van der Waals surface area contributed by atoms with Gasteiger partial charge in [-0.15, -0.1) is 0 Å². The summed E-state index contributed by atoms with van der Waals surface area (Å²) in [5.74, 6) is 0.150. The van der Waals surface area contributed by atoms with E-state index >= 15 is 0 Å². The van der Waals surface area contributed by atoms with Crippen LogP contribution in [0.3, 0.4) is 0 Å². The number of rotatable bonds is 3. The Morgan fingerprint density at radius 3 is 2.35 bits per heavy atom. The predicted octanol–water partition coefficient (Wildman–Crippen LogP) is 2.72. The number of carbonyl (C=O) groups excluding carboxylic acids is 3. The zero-order chi connectivity index (χ0) is 18.2. The van der Waals surface area contributed by atoms with Crippen molar-refractivity contribution in [2.75, 3.05) is 5.32 Å². The summed E-state index contributed by atoms with van der Waals surface area (Å²) < 4.78 is 0. The van der Waals surface area contributed by atoms with E-state index in [4.69, 9.17) is 11.6 Å². The third-order valence-electron chi connectivity index (χ3n) is 6.56. The van der Waals surface area contributed by atoms with Crippen molar-refractivity contribution in [3.05, 3.63) is 41.4 Å². The van der Waals surface area contributed by atoms with Crippen LogP contribution < -0.4 is 5.32 Å². The molecule has 3 amide bonds. The molecule has 5 aliphatic rings. The lowest BCUT2D eigenvalue weighted by molar-refractivity contribution is -0.146. The highest BCUT2D eigenvalue weighted by Crippen LogP contribution is 2.65. The molecular weight excluding hydrogens is 352 g/mol. The van der Waals surface area contributed by atoms with Gasteiger partial charge in [-0.2, -0.15) is 0 Å². The second-order valence-corrected chi connectivity index (χ2v) is 8.31. The maximum Gasteiger partial charge on any atom is 0.247 e. The van der Waals surface area contributed by atoms with Crippen molar-refractivity contribution >= 4 is 35.0 Å². The SMILES string of the molecule is C[C@H](C(=O)Nc1cccc(Cl)c1)N1C(=O)[C@H]2[C@@H]3C=C[C@H]([C@H]4C[C@H]34)[C@@H]2C1=O. The van der Waals surface area contributed by atoms with Crippen LogP contribution in [0.25, 0.3) is 0 Å². The molecule has 2 bridgehead atoms. The van der Waals surface area contributed by atoms with Crippen LogP contribution in [-0.2, 0) is 14.4 Å². The molecule has 4 aliphatic carbocycles. The number of nitrogens with one attached hydrogen (secondary N) is 1. The molecule has 134 valence electrons. The van der Waals surface area contributed by atoms with Gasteiger partial charge in [-0.05, 0) is 55.2 Å². The van der Waals surface area contributed by atoms with Gasteiger partial charge < -0.3 is 5.32 Å². The van der Waals surface area contributed by atoms with E-state index in [0.29, 0.717) is 22.5 Å². The van der Waals surface area contributed by atoms with Crippen molar-refractivity contribution in [1.29, 1.82) is 0 Å². The average molecular weight is 371 g/mol. The minimum Gasteiger partial charge on any atom is -0.324 e. The van der Waals surface area contributed by atoms with Crippen LogP contribution >= 0.6 is 11.6 Å². The van der Waals surface area contributed by atoms with E-state index < -0.39 is 6.04 Å². The summed E-state index contributed by atoms with van der Waals surface area (Å²) in [7, 11) is 0. The van der Waals surface area contributed by atoms with Gasteiger partial charge in [0.15, 0.2) is 0 Å². The lowest BCUT2D eigenvalue weighted by Crippen LogP contribution is -2.46. The van der Waals surface area contributed by atoms with Gasteiger partial charge in [0.05, 0.1) is 11.8 Å². The number of imide groups is 1. The molecule has 1 heterocycles. The summed E-state index contributed by atoms with van der Waals surface area (Å²) in [6, 6.07) is 5.97. The van der Waals surface area contributed by atoms with Crippen LogP contribution in [0.1, 0.15) is 13.3 Å². The molecule has 3 fully saturated rings. The molecule has 5 nitrogen and oxygen atoms in total. The van der Waals surface area contributed by atoms with Crippen molar-refractivity contribution < 1.29 is 14.4 Å². The first-order valence-corrected chi connectivity index (χ1v) is 9.47. The Balaban J connectivity index is 1.38. The quantitative estimate of drug-likeness (QED) is 0.657. The number of benzene rings is 1. The second-order valence-electron chi connectivity index (χ2n) is 7.88. The highest BCUT2D eigenvalue weighted by Gasteiger charge is 2.67. The van der Waals surface area contributed by atoms with Gasteiger partial charge in [-0.25, -0.2) is 0 Å². The topological polar surface area (TPSA) is 66.5 Å². The van der Waals surface area contributed by atoms with Crippen LogP contribution in [0.5, 0.6) is 0 Å². The third-order valence-corrected chi connectivity index (χ3v) is 6.79. The summed E-state index contributed by atoms with van der Waals surface area (Å²) in [6.45, 7) is 1.61. The van der Waals surface area contributed by atoms with Gasteiger partial charge in [0.25, 0.3) is 0 Å². The first kappa shape index (κ1) is 16.1. The monoisotopic (exact) mass is 370 g/mol. The van der Waals surface area contributed by atoms with E-state index in [0.717, 1.165) is 6.42 Å². The molecule has 0 spiro atoms. The molecule has 1 aromatic rings. The molecule has 1 N–H and O–H groups in total. The highest BCUT2D eigenvalue weighted by molar-refractivity contribution is 6.30. The molecule has 26 heavy (non-hydrogen) atoms. The molecule has 6 rings (SSSR count). The van der Waals surface area contributed by atoms with E-state index in [2.05, 4.69) is 17.5 Å². The molecule has 0 unspecified atom stereocenters. The summed E-state index contributed by atoms with van der Waals surface area (Å²) in [5, 5.41) is 3.26. The fourth-order valence-electron chi connectivity index (χ4n) is 5.29. The van der Waals surface area contributed by atoms with E-state index in [1.165, 1.54) is 4.90 Å². The predicted molar refractivity (Wildman–Crippen MR) is 96.1 cm³/mol. The van der Waals surface area contributed by atoms with E-state index in [1.807, 2.05) is 0 Å². The Kier molecular flexibility index (Phi) is 3.35. The van der Waals surface area contributed by atoms with E-state index in [1.54, 1.807) is 31.2 Å². The van der Waals surface area contributed by atoms with Crippen LogP contribution in [-0.4, -0.2) is 28.7 Å². The standard InChI is InChI=1S/C20H19ClN2O3/c1-9(18(24)22-11-4-2-3-10(21)7-11)23-19(25)16-12-5-6-13(15-8-14(12)15)17(16)20(23)26/h2-7,9,12-17H,8H2,1H3,(H,22,24)/t9-,12-,13-,14-,15-,16+,17+/m1/s1. The van der Waals surface area contributed by atoms with Crippen molar-refractivity contribution in [2.45, 2.75) is 19.4 Å². The van der Waals surface area contributed by atoms with E-state index in [9.17, 15) is 14.4 Å². The first-order valence-electron chi connectivity index (χ1n) is 9.09. The number of halogens is 1. The van der Waals surface area contributed by atoms with Gasteiger partial charge in [0.2, 0.25) is 17.7 Å². The molecule has 2 saturated carbocycles. The van der Waals surface area contributed by atoms with Crippen molar-refractivity contribution in [2.24, 2.45) is 35.5 Å². The average Bonchev–Trinajstić information content (AvgIpc) is 3.39. The summed E-state index contributed by atoms with van der Waals surface area (Å²) in [6.07, 6.45) is 5.39. The molecule has 1 aromatic carbocycles. The molecule has 0 aromatic heterocycles. The summed E-state index contributed by atoms with van der Waals surface area (Å²) >= 11 is 5.94. The van der Waals surface area contributed by atoms with Gasteiger partial charge in [-0.3, -0.25) is 19.3 Å². The first-order chi connectivity index (χ1) is 12.5. The number of hydrogen-bond donors (Lipinski definition) is 1. The van der Waals surface area contributed by atoms with Gasteiger partial charge in [0, 0.05) is 10.7 Å². The number of nitrogens with zero attached hydrogens (tertiary/aromatic N) is 1. The fourth-order valence-corrected chi connectivity index (χ4v) is 5.48. The lowest BCUT2D eigenvalue weighted by atomic mass is 9.63. The van der Waals surface area contributed by atoms with Crippen LogP contribution in [0, 0.1) is 35.5 Å². The minimum absolute atomic E-state index is 0.166. The number of carbonyl (C=O) groups is 3. The second kappa shape index (κ2) is 5.43. The Morgan fingerprint density at radius 2 is 1.77 bits per heavy atom. The van der Waals surface area contributed by atoms with Crippen molar-refractivity contribution in [3.8, 4) is 0 Å². The van der Waals surface area contributed by atoms with Gasteiger partial charge >= 0.3 is 0 Å². The minimum atomic E-state index is -0.838. The molecule has 1 aliphatic heterocycles. The Bertz CT molecular complexity index is 830.